The molecule has 66 valence electrons. The lowest BCUT2D eigenvalue weighted by molar-refractivity contribution is -0.134. The number of esters is 1. The zero-order chi connectivity index (χ0) is 9.56. The molecule has 0 aromatic heterocycles. The predicted molar refractivity (Wildman–Crippen MR) is 49.1 cm³/mol. The lowest BCUT2D eigenvalue weighted by Crippen LogP contribution is -2.15. The SMILES string of the molecule is C=C/C(=N\C(=C)C)C(=O)OCC. The van der Waals surface area contributed by atoms with E-state index in [2.05, 4.69) is 18.2 Å². The van der Waals surface area contributed by atoms with E-state index in [1.165, 1.54) is 6.08 Å². The molecule has 0 N–H and O–H groups in total. The van der Waals surface area contributed by atoms with Gasteiger partial charge in [-0.05, 0) is 19.9 Å². The van der Waals surface area contributed by atoms with Crippen LogP contribution >= 0.6 is 0 Å². The van der Waals surface area contributed by atoms with E-state index in [1.807, 2.05) is 0 Å². The van der Waals surface area contributed by atoms with Gasteiger partial charge < -0.3 is 4.74 Å². The Morgan fingerprint density at radius 3 is 2.58 bits per heavy atom. The largest absolute Gasteiger partial charge is 0.461 e. The summed E-state index contributed by atoms with van der Waals surface area (Å²) in [6, 6.07) is 0. The molecule has 0 atom stereocenters. The number of hydrogen-bond acceptors (Lipinski definition) is 3. The van der Waals surface area contributed by atoms with Gasteiger partial charge in [0, 0.05) is 5.70 Å². The van der Waals surface area contributed by atoms with E-state index < -0.39 is 5.97 Å². The molecule has 12 heavy (non-hydrogen) atoms. The zero-order valence-electron chi connectivity index (χ0n) is 7.46. The number of carbonyl (C=O) groups is 1. The molecule has 0 spiro atoms. The molecule has 0 fully saturated rings. The molecule has 0 saturated carbocycles. The summed E-state index contributed by atoms with van der Waals surface area (Å²) in [7, 11) is 0. The summed E-state index contributed by atoms with van der Waals surface area (Å²) in [6.45, 7) is 10.8. The minimum atomic E-state index is -0.463. The molecule has 0 aliphatic carbocycles. The van der Waals surface area contributed by atoms with Gasteiger partial charge in [0.15, 0.2) is 0 Å². The minimum absolute atomic E-state index is 0.198. The number of carbonyl (C=O) groups excluding carboxylic acids is 1. The fraction of sp³-hybridized carbons (Fsp3) is 0.333. The first kappa shape index (κ1) is 10.6. The molecular formula is C9H13NO2. The topological polar surface area (TPSA) is 38.7 Å². The van der Waals surface area contributed by atoms with Gasteiger partial charge in [-0.1, -0.05) is 13.2 Å². The maximum absolute atomic E-state index is 11.0. The van der Waals surface area contributed by atoms with Crippen molar-refractivity contribution >= 4 is 11.7 Å². The zero-order valence-corrected chi connectivity index (χ0v) is 7.46. The summed E-state index contributed by atoms with van der Waals surface area (Å²) in [6.07, 6.45) is 1.35. The van der Waals surface area contributed by atoms with E-state index in [1.54, 1.807) is 13.8 Å². The highest BCUT2D eigenvalue weighted by molar-refractivity contribution is 6.41. The Balaban J connectivity index is 4.44. The smallest absolute Gasteiger partial charge is 0.356 e. The Morgan fingerprint density at radius 1 is 1.67 bits per heavy atom. The van der Waals surface area contributed by atoms with Crippen LogP contribution in [0.3, 0.4) is 0 Å². The summed E-state index contributed by atoms with van der Waals surface area (Å²) >= 11 is 0. The predicted octanol–water partition coefficient (Wildman–Crippen LogP) is 1.71. The minimum Gasteiger partial charge on any atom is -0.461 e. The highest BCUT2D eigenvalue weighted by Gasteiger charge is 2.07. The molecule has 3 heteroatoms. The Hall–Kier alpha value is -1.38. The standard InChI is InChI=1S/C9H13NO2/c1-5-8(10-7(3)4)9(11)12-6-2/h5H,1,3,6H2,2,4H3/b10-8+. The van der Waals surface area contributed by atoms with Gasteiger partial charge in [0.1, 0.15) is 5.71 Å². The van der Waals surface area contributed by atoms with Crippen molar-refractivity contribution in [2.24, 2.45) is 4.99 Å². The molecule has 3 nitrogen and oxygen atoms in total. The summed E-state index contributed by atoms with van der Waals surface area (Å²) < 4.78 is 4.71. The summed E-state index contributed by atoms with van der Waals surface area (Å²) in [5, 5.41) is 0. The van der Waals surface area contributed by atoms with Gasteiger partial charge in [-0.2, -0.15) is 0 Å². The van der Waals surface area contributed by atoms with Crippen LogP contribution in [0, 0.1) is 0 Å². The van der Waals surface area contributed by atoms with E-state index in [0.29, 0.717) is 12.3 Å². The number of allylic oxidation sites excluding steroid dienone is 1. The second-order valence-electron chi connectivity index (χ2n) is 2.16. The van der Waals surface area contributed by atoms with Crippen LogP contribution in [0.25, 0.3) is 0 Å². The Bertz CT molecular complexity index is 229. The van der Waals surface area contributed by atoms with Crippen LogP contribution in [0.4, 0.5) is 0 Å². The van der Waals surface area contributed by atoms with Crippen LogP contribution in [-0.2, 0) is 9.53 Å². The monoisotopic (exact) mass is 167 g/mol. The van der Waals surface area contributed by atoms with Crippen LogP contribution < -0.4 is 0 Å². The number of aliphatic imine (C=N–C) groups is 1. The second kappa shape index (κ2) is 5.29. The maximum atomic E-state index is 11.0. The number of ether oxygens (including phenoxy) is 1. The van der Waals surface area contributed by atoms with Gasteiger partial charge in [0.2, 0.25) is 0 Å². The third kappa shape index (κ3) is 3.71. The molecule has 0 aromatic carbocycles. The second-order valence-corrected chi connectivity index (χ2v) is 2.16. The Labute approximate surface area is 72.4 Å². The highest BCUT2D eigenvalue weighted by Crippen LogP contribution is 1.94. The molecule has 0 bridgehead atoms. The van der Waals surface area contributed by atoms with Crippen molar-refractivity contribution in [3.05, 3.63) is 24.9 Å². The van der Waals surface area contributed by atoms with Crippen LogP contribution in [0.15, 0.2) is 29.9 Å². The Morgan fingerprint density at radius 2 is 2.25 bits per heavy atom. The average Bonchev–Trinajstić information content (AvgIpc) is 2.00. The van der Waals surface area contributed by atoms with Crippen molar-refractivity contribution in [2.45, 2.75) is 13.8 Å². The summed E-state index contributed by atoms with van der Waals surface area (Å²) in [4.78, 5) is 14.9. The van der Waals surface area contributed by atoms with Crippen molar-refractivity contribution in [2.75, 3.05) is 6.61 Å². The summed E-state index contributed by atoms with van der Waals surface area (Å²) in [5.74, 6) is -0.463. The first-order valence-corrected chi connectivity index (χ1v) is 3.65. The molecule has 0 aliphatic heterocycles. The van der Waals surface area contributed by atoms with Gasteiger partial charge in [-0.15, -0.1) is 0 Å². The van der Waals surface area contributed by atoms with Gasteiger partial charge in [0.25, 0.3) is 0 Å². The highest BCUT2D eigenvalue weighted by atomic mass is 16.5. The van der Waals surface area contributed by atoms with Crippen molar-refractivity contribution in [3.8, 4) is 0 Å². The molecule has 0 radical (unpaired) electrons. The molecule has 0 amide bonds. The molecule has 0 unspecified atom stereocenters. The van der Waals surface area contributed by atoms with E-state index in [-0.39, 0.29) is 5.71 Å². The lowest BCUT2D eigenvalue weighted by atomic mass is 10.3. The van der Waals surface area contributed by atoms with Crippen LogP contribution in [0.5, 0.6) is 0 Å². The van der Waals surface area contributed by atoms with Crippen molar-refractivity contribution < 1.29 is 9.53 Å². The van der Waals surface area contributed by atoms with Gasteiger partial charge >= 0.3 is 5.97 Å². The van der Waals surface area contributed by atoms with E-state index >= 15 is 0 Å². The van der Waals surface area contributed by atoms with Gasteiger partial charge in [-0.3, -0.25) is 0 Å². The normalized spacial score (nSPS) is 10.7. The molecule has 0 saturated heterocycles. The van der Waals surface area contributed by atoms with Crippen LogP contribution in [-0.4, -0.2) is 18.3 Å². The van der Waals surface area contributed by atoms with E-state index in [4.69, 9.17) is 4.74 Å². The molecule has 0 aromatic rings. The van der Waals surface area contributed by atoms with Gasteiger partial charge in [-0.25, -0.2) is 9.79 Å². The molecule has 0 rings (SSSR count). The number of rotatable bonds is 4. The van der Waals surface area contributed by atoms with Crippen LogP contribution in [0.1, 0.15) is 13.8 Å². The molecule has 0 heterocycles. The fourth-order valence-electron chi connectivity index (χ4n) is 0.585. The van der Waals surface area contributed by atoms with E-state index in [9.17, 15) is 4.79 Å². The van der Waals surface area contributed by atoms with Gasteiger partial charge in [0.05, 0.1) is 6.61 Å². The van der Waals surface area contributed by atoms with Crippen LogP contribution in [0.2, 0.25) is 0 Å². The average molecular weight is 167 g/mol. The first-order chi connectivity index (χ1) is 5.61. The third-order valence-corrected chi connectivity index (χ3v) is 0.989. The third-order valence-electron chi connectivity index (χ3n) is 0.989. The molecule has 0 aliphatic rings. The molecular weight excluding hydrogens is 154 g/mol. The van der Waals surface area contributed by atoms with E-state index in [0.717, 1.165) is 0 Å². The quantitative estimate of drug-likeness (QED) is 0.472. The van der Waals surface area contributed by atoms with Crippen molar-refractivity contribution in [1.29, 1.82) is 0 Å². The van der Waals surface area contributed by atoms with Crippen molar-refractivity contribution in [3.63, 3.8) is 0 Å². The fourth-order valence-corrected chi connectivity index (χ4v) is 0.585. The Kier molecular flexibility index (Phi) is 4.69. The summed E-state index contributed by atoms with van der Waals surface area (Å²) in [5.41, 5.74) is 0.752. The first-order valence-electron chi connectivity index (χ1n) is 3.65. The number of hydrogen-bond donors (Lipinski definition) is 0. The lowest BCUT2D eigenvalue weighted by Gasteiger charge is -2.00. The van der Waals surface area contributed by atoms with Crippen molar-refractivity contribution in [1.82, 2.24) is 0 Å². The number of nitrogens with zero attached hydrogens (tertiary/aromatic N) is 1. The maximum Gasteiger partial charge on any atom is 0.356 e.